The van der Waals surface area contributed by atoms with E-state index in [-0.39, 0.29) is 53.0 Å². The van der Waals surface area contributed by atoms with Gasteiger partial charge in [0.25, 0.3) is 15.9 Å². The van der Waals surface area contributed by atoms with E-state index in [1.165, 1.54) is 18.2 Å². The lowest BCUT2D eigenvalue weighted by Crippen LogP contribution is -2.47. The number of ether oxygens (including phenoxy) is 2. The number of carbonyl (C=O) groups excluding carboxylic acids is 1. The van der Waals surface area contributed by atoms with Crippen molar-refractivity contribution in [3.05, 3.63) is 89.5 Å². The molecule has 0 unspecified atom stereocenters. The summed E-state index contributed by atoms with van der Waals surface area (Å²) in [6.45, 7) is 7.37. The van der Waals surface area contributed by atoms with Gasteiger partial charge in [-0.05, 0) is 88.2 Å². The predicted molar refractivity (Wildman–Crippen MR) is 184 cm³/mol. The third kappa shape index (κ3) is 10.0. The quantitative estimate of drug-likeness (QED) is 0.266. The van der Waals surface area contributed by atoms with Crippen LogP contribution in [-0.4, -0.2) is 91.9 Å². The molecule has 3 aromatic carbocycles. The minimum Gasteiger partial charge on any atom is -0.490 e. The van der Waals surface area contributed by atoms with E-state index >= 15 is 0 Å². The maximum absolute atomic E-state index is 14.4. The fourth-order valence-electron chi connectivity index (χ4n) is 5.70. The van der Waals surface area contributed by atoms with Gasteiger partial charge in [0.15, 0.2) is 0 Å². The molecule has 0 aromatic heterocycles. The average molecular weight is 682 g/mol. The molecule has 0 fully saturated rings. The van der Waals surface area contributed by atoms with Gasteiger partial charge >= 0.3 is 5.97 Å². The highest BCUT2D eigenvalue weighted by atomic mass is 32.2. The molecule has 3 N–H and O–H groups in total. The number of likely N-dealkylation sites (N-methyl/N-ethyl adjacent to an activating group) is 1. The van der Waals surface area contributed by atoms with Crippen LogP contribution in [0.2, 0.25) is 0 Å². The molecule has 3 aromatic rings. The van der Waals surface area contributed by atoms with Crippen molar-refractivity contribution in [2.45, 2.75) is 69.7 Å². The van der Waals surface area contributed by atoms with E-state index in [9.17, 15) is 28.2 Å². The number of sulfonamides is 1. The van der Waals surface area contributed by atoms with E-state index in [2.05, 4.69) is 9.62 Å². The van der Waals surface area contributed by atoms with Crippen LogP contribution in [0.15, 0.2) is 77.7 Å². The highest BCUT2D eigenvalue weighted by Crippen LogP contribution is 2.29. The second-order valence-corrected chi connectivity index (χ2v) is 14.3. The molecule has 0 spiro atoms. The van der Waals surface area contributed by atoms with Crippen molar-refractivity contribution in [1.29, 1.82) is 0 Å². The lowest BCUT2D eigenvalue weighted by Gasteiger charge is -2.36. The van der Waals surface area contributed by atoms with E-state index in [4.69, 9.17) is 9.47 Å². The second-order valence-electron chi connectivity index (χ2n) is 12.6. The van der Waals surface area contributed by atoms with Crippen molar-refractivity contribution < 1.29 is 37.7 Å². The molecule has 48 heavy (non-hydrogen) atoms. The molecule has 0 saturated carbocycles. The summed E-state index contributed by atoms with van der Waals surface area (Å²) in [6, 6.07) is 18.9. The number of carboxylic acid groups (broad SMARTS) is 1. The first-order valence-corrected chi connectivity index (χ1v) is 17.8. The first-order chi connectivity index (χ1) is 22.9. The summed E-state index contributed by atoms with van der Waals surface area (Å²) in [5, 5.41) is 19.5. The van der Waals surface area contributed by atoms with Gasteiger partial charge in [-0.15, -0.1) is 0 Å². The van der Waals surface area contributed by atoms with Crippen molar-refractivity contribution in [2.75, 3.05) is 38.1 Å². The molecule has 0 saturated heterocycles. The number of fused-ring (bicyclic) bond motifs is 1. The maximum atomic E-state index is 14.4. The number of hydrogen-bond acceptors (Lipinski definition) is 8. The Morgan fingerprint density at radius 1 is 1.06 bits per heavy atom. The lowest BCUT2D eigenvalue weighted by atomic mass is 10.0. The number of aromatic carboxylic acids is 1. The average Bonchev–Trinajstić information content (AvgIpc) is 3.06. The van der Waals surface area contributed by atoms with Gasteiger partial charge in [-0.2, -0.15) is 0 Å². The molecule has 1 aliphatic rings. The molecule has 1 amide bonds. The molecule has 1 heterocycles. The number of carbonyl (C=O) groups is 2. The Balaban J connectivity index is 1.61. The molecule has 12 heteroatoms. The SMILES string of the molecule is C[C@@H]1CCCCO[C@@H](CN(C)Cc2ccc(C(=O)O)cc2)[C@@H](C)CN([C@H](C)CO)C(=O)c2cc(NS(=O)(=O)c3ccccc3)ccc2O1. The number of aliphatic hydroxyl groups excluding tert-OH is 1. The molecular formula is C36H47N3O8S. The fraction of sp³-hybridized carbons (Fsp3) is 0.444. The van der Waals surface area contributed by atoms with Crippen molar-refractivity contribution >= 4 is 27.6 Å². The summed E-state index contributed by atoms with van der Waals surface area (Å²) >= 11 is 0. The van der Waals surface area contributed by atoms with Gasteiger partial charge in [0.2, 0.25) is 0 Å². The molecule has 0 aliphatic carbocycles. The zero-order chi connectivity index (χ0) is 34.8. The molecule has 11 nitrogen and oxygen atoms in total. The zero-order valence-corrected chi connectivity index (χ0v) is 28.9. The fourth-order valence-corrected chi connectivity index (χ4v) is 6.77. The van der Waals surface area contributed by atoms with Crippen LogP contribution in [0.1, 0.15) is 66.3 Å². The summed E-state index contributed by atoms with van der Waals surface area (Å²) in [5.41, 5.74) is 1.60. The number of amides is 1. The minimum atomic E-state index is -3.91. The summed E-state index contributed by atoms with van der Waals surface area (Å²) < 4.78 is 41.5. The van der Waals surface area contributed by atoms with E-state index < -0.39 is 27.9 Å². The van der Waals surface area contributed by atoms with Crippen LogP contribution in [0, 0.1) is 5.92 Å². The van der Waals surface area contributed by atoms with Crippen LogP contribution in [0.25, 0.3) is 0 Å². The number of rotatable bonds is 10. The standard InChI is InChI=1S/C36H47N3O8S/c1-25-21-39(26(2)24-40)35(41)32-20-30(37-48(44,45)31-11-6-5-7-12-31)17-18-33(32)47-27(3)10-8-9-19-46-34(25)23-38(4)22-28-13-15-29(16-14-28)36(42)43/h5-7,11-18,20,25-27,34,37,40H,8-10,19,21-24H2,1-4H3,(H,42,43)/t25-,26+,27+,34-/m0/s1. The molecule has 4 atom stereocenters. The number of aliphatic hydroxyl groups is 1. The highest BCUT2D eigenvalue weighted by Gasteiger charge is 2.30. The first kappa shape index (κ1) is 36.9. The molecular weight excluding hydrogens is 634 g/mol. The van der Waals surface area contributed by atoms with Crippen molar-refractivity contribution in [3.8, 4) is 5.75 Å². The van der Waals surface area contributed by atoms with Gasteiger partial charge in [0.05, 0.1) is 40.9 Å². The number of nitrogens with one attached hydrogen (secondary N) is 1. The van der Waals surface area contributed by atoms with Crippen LogP contribution < -0.4 is 9.46 Å². The summed E-state index contributed by atoms with van der Waals surface area (Å²) in [5.74, 6) is -1.17. The van der Waals surface area contributed by atoms with Gasteiger partial charge in [-0.25, -0.2) is 13.2 Å². The third-order valence-electron chi connectivity index (χ3n) is 8.50. The van der Waals surface area contributed by atoms with Gasteiger partial charge < -0.3 is 24.6 Å². The van der Waals surface area contributed by atoms with E-state index in [1.54, 1.807) is 66.4 Å². The molecule has 0 radical (unpaired) electrons. The zero-order valence-electron chi connectivity index (χ0n) is 28.0. The Bertz CT molecular complexity index is 1620. The van der Waals surface area contributed by atoms with Crippen molar-refractivity contribution in [1.82, 2.24) is 9.80 Å². The lowest BCUT2D eigenvalue weighted by molar-refractivity contribution is -0.0177. The minimum absolute atomic E-state index is 0.0962. The second kappa shape index (κ2) is 16.9. The Kier molecular flexibility index (Phi) is 13.0. The van der Waals surface area contributed by atoms with Crippen molar-refractivity contribution in [3.63, 3.8) is 0 Å². The normalized spacial score (nSPS) is 20.3. The van der Waals surface area contributed by atoms with Crippen LogP contribution in [-0.2, 0) is 21.3 Å². The predicted octanol–water partition coefficient (Wildman–Crippen LogP) is 5.11. The number of anilines is 1. The van der Waals surface area contributed by atoms with Gasteiger partial charge in [0, 0.05) is 37.8 Å². The highest BCUT2D eigenvalue weighted by molar-refractivity contribution is 7.92. The Morgan fingerprint density at radius 3 is 2.44 bits per heavy atom. The number of carboxylic acids is 1. The van der Waals surface area contributed by atoms with Gasteiger partial charge in [-0.3, -0.25) is 14.4 Å². The Morgan fingerprint density at radius 2 is 1.77 bits per heavy atom. The van der Waals surface area contributed by atoms with E-state index in [0.29, 0.717) is 25.4 Å². The van der Waals surface area contributed by atoms with Crippen LogP contribution >= 0.6 is 0 Å². The largest absolute Gasteiger partial charge is 0.490 e. The topological polar surface area (TPSA) is 146 Å². The van der Waals surface area contributed by atoms with Gasteiger partial charge in [0.1, 0.15) is 5.75 Å². The number of benzene rings is 3. The molecule has 4 rings (SSSR count). The first-order valence-electron chi connectivity index (χ1n) is 16.3. The third-order valence-corrected chi connectivity index (χ3v) is 9.90. The summed E-state index contributed by atoms with van der Waals surface area (Å²) in [4.78, 5) is 29.4. The van der Waals surface area contributed by atoms with E-state index in [1.807, 2.05) is 20.9 Å². The van der Waals surface area contributed by atoms with Crippen LogP contribution in [0.4, 0.5) is 5.69 Å². The monoisotopic (exact) mass is 681 g/mol. The summed E-state index contributed by atoms with van der Waals surface area (Å²) in [7, 11) is -1.94. The molecule has 260 valence electrons. The number of nitrogens with zero attached hydrogens (tertiary/aromatic N) is 2. The smallest absolute Gasteiger partial charge is 0.335 e. The van der Waals surface area contributed by atoms with Crippen LogP contribution in [0.5, 0.6) is 5.75 Å². The van der Waals surface area contributed by atoms with Crippen molar-refractivity contribution in [2.24, 2.45) is 5.92 Å². The van der Waals surface area contributed by atoms with E-state index in [0.717, 1.165) is 24.8 Å². The Hall–Kier alpha value is -3.97. The maximum Gasteiger partial charge on any atom is 0.335 e. The number of hydrogen-bond donors (Lipinski definition) is 3. The summed E-state index contributed by atoms with van der Waals surface area (Å²) in [6.07, 6.45) is 1.92. The Labute approximate surface area is 283 Å². The molecule has 1 aliphatic heterocycles. The van der Waals surface area contributed by atoms with Gasteiger partial charge in [-0.1, -0.05) is 37.3 Å². The molecule has 0 bridgehead atoms. The van der Waals surface area contributed by atoms with Crippen LogP contribution in [0.3, 0.4) is 0 Å².